The predicted molar refractivity (Wildman–Crippen MR) is 63.4 cm³/mol. The summed E-state index contributed by atoms with van der Waals surface area (Å²) in [6.07, 6.45) is 6.29. The Morgan fingerprint density at radius 1 is 1.62 bits per heavy atom. The molecule has 0 aliphatic heterocycles. The first-order valence-corrected chi connectivity index (χ1v) is 6.43. The number of aromatic nitrogens is 2. The van der Waals surface area contributed by atoms with Crippen LogP contribution in [-0.4, -0.2) is 22.4 Å². The number of carbonyl (C=O) groups is 1. The van der Waals surface area contributed by atoms with Crippen LogP contribution in [0.3, 0.4) is 0 Å². The van der Waals surface area contributed by atoms with Crippen molar-refractivity contribution in [1.29, 1.82) is 0 Å². The molecule has 0 bridgehead atoms. The molecule has 4 nitrogen and oxygen atoms in total. The molecule has 0 amide bonds. The number of rotatable bonds is 3. The van der Waals surface area contributed by atoms with E-state index in [0.29, 0.717) is 18.3 Å². The molecule has 88 valence electrons. The first-order chi connectivity index (χ1) is 7.74. The van der Waals surface area contributed by atoms with E-state index < -0.39 is 0 Å². The standard InChI is InChI=1S/C11H15BrN2O2/c1-2-16-11(15)10-9(12)7-13-14(10)8-5-3-4-6-8/h7-8H,2-6H2,1H3. The van der Waals surface area contributed by atoms with E-state index in [1.807, 2.05) is 11.6 Å². The maximum atomic E-state index is 11.8. The minimum atomic E-state index is -0.293. The van der Waals surface area contributed by atoms with Crippen molar-refractivity contribution in [3.8, 4) is 0 Å². The number of halogens is 1. The van der Waals surface area contributed by atoms with Crippen LogP contribution < -0.4 is 0 Å². The molecule has 0 saturated heterocycles. The van der Waals surface area contributed by atoms with Crippen LogP contribution >= 0.6 is 15.9 Å². The van der Waals surface area contributed by atoms with Gasteiger partial charge in [0.05, 0.1) is 23.3 Å². The molecular formula is C11H15BrN2O2. The quantitative estimate of drug-likeness (QED) is 0.803. The van der Waals surface area contributed by atoms with Gasteiger partial charge in [0.2, 0.25) is 0 Å². The Morgan fingerprint density at radius 2 is 2.31 bits per heavy atom. The molecular weight excluding hydrogens is 272 g/mol. The van der Waals surface area contributed by atoms with E-state index in [1.165, 1.54) is 12.8 Å². The maximum Gasteiger partial charge on any atom is 0.357 e. The van der Waals surface area contributed by atoms with Gasteiger partial charge in [-0.1, -0.05) is 12.8 Å². The average Bonchev–Trinajstić information content (AvgIpc) is 2.86. The van der Waals surface area contributed by atoms with Crippen LogP contribution in [0.1, 0.15) is 49.1 Å². The number of nitrogens with zero attached hydrogens (tertiary/aromatic N) is 2. The van der Waals surface area contributed by atoms with Crippen molar-refractivity contribution in [2.75, 3.05) is 6.61 Å². The van der Waals surface area contributed by atoms with Crippen molar-refractivity contribution in [2.45, 2.75) is 38.6 Å². The average molecular weight is 287 g/mol. The zero-order valence-corrected chi connectivity index (χ0v) is 10.9. The fraction of sp³-hybridized carbons (Fsp3) is 0.636. The van der Waals surface area contributed by atoms with Gasteiger partial charge in [-0.05, 0) is 35.7 Å². The fourth-order valence-electron chi connectivity index (χ4n) is 2.16. The van der Waals surface area contributed by atoms with E-state index in [1.54, 1.807) is 6.20 Å². The molecule has 2 rings (SSSR count). The van der Waals surface area contributed by atoms with Crippen LogP contribution in [0.5, 0.6) is 0 Å². The smallest absolute Gasteiger partial charge is 0.357 e. The first-order valence-electron chi connectivity index (χ1n) is 5.64. The molecule has 16 heavy (non-hydrogen) atoms. The van der Waals surface area contributed by atoms with Crippen LogP contribution in [0.15, 0.2) is 10.7 Å². The molecule has 1 aromatic rings. The van der Waals surface area contributed by atoms with Gasteiger partial charge < -0.3 is 4.74 Å². The molecule has 0 radical (unpaired) electrons. The third-order valence-electron chi connectivity index (χ3n) is 2.89. The predicted octanol–water partition coefficient (Wildman–Crippen LogP) is 2.94. The largest absolute Gasteiger partial charge is 0.461 e. The summed E-state index contributed by atoms with van der Waals surface area (Å²) in [6.45, 7) is 2.20. The van der Waals surface area contributed by atoms with Crippen molar-refractivity contribution in [1.82, 2.24) is 9.78 Å². The van der Waals surface area contributed by atoms with Gasteiger partial charge >= 0.3 is 5.97 Å². The molecule has 1 aliphatic rings. The van der Waals surface area contributed by atoms with Crippen molar-refractivity contribution < 1.29 is 9.53 Å². The van der Waals surface area contributed by atoms with E-state index in [-0.39, 0.29) is 5.97 Å². The van der Waals surface area contributed by atoms with Crippen LogP contribution in [0.4, 0.5) is 0 Å². The van der Waals surface area contributed by atoms with Crippen molar-refractivity contribution >= 4 is 21.9 Å². The van der Waals surface area contributed by atoms with E-state index in [2.05, 4.69) is 21.0 Å². The minimum Gasteiger partial charge on any atom is -0.461 e. The lowest BCUT2D eigenvalue weighted by Crippen LogP contribution is -2.17. The van der Waals surface area contributed by atoms with Crippen LogP contribution in [0.2, 0.25) is 0 Å². The minimum absolute atomic E-state index is 0.293. The maximum absolute atomic E-state index is 11.8. The summed E-state index contributed by atoms with van der Waals surface area (Å²) >= 11 is 3.35. The Morgan fingerprint density at radius 3 is 2.94 bits per heavy atom. The van der Waals surface area contributed by atoms with Crippen molar-refractivity contribution in [3.63, 3.8) is 0 Å². The molecule has 1 aromatic heterocycles. The number of ether oxygens (including phenoxy) is 1. The Kier molecular flexibility index (Phi) is 3.63. The summed E-state index contributed by atoms with van der Waals surface area (Å²) in [4.78, 5) is 11.8. The summed E-state index contributed by atoms with van der Waals surface area (Å²) in [6, 6.07) is 0.353. The van der Waals surface area contributed by atoms with E-state index in [9.17, 15) is 4.79 Å². The highest BCUT2D eigenvalue weighted by Crippen LogP contribution is 2.32. The van der Waals surface area contributed by atoms with Crippen molar-refractivity contribution in [2.24, 2.45) is 0 Å². The molecule has 1 heterocycles. The molecule has 0 spiro atoms. The second kappa shape index (κ2) is 4.99. The highest BCUT2D eigenvalue weighted by atomic mass is 79.9. The summed E-state index contributed by atoms with van der Waals surface area (Å²) in [5.41, 5.74) is 0.550. The van der Waals surface area contributed by atoms with Crippen molar-refractivity contribution in [3.05, 3.63) is 16.4 Å². The lowest BCUT2D eigenvalue weighted by atomic mass is 10.2. The Balaban J connectivity index is 2.27. The molecule has 0 atom stereocenters. The van der Waals surface area contributed by atoms with Gasteiger partial charge in [-0.15, -0.1) is 0 Å². The molecule has 1 saturated carbocycles. The second-order valence-corrected chi connectivity index (χ2v) is 4.80. The monoisotopic (exact) mass is 286 g/mol. The topological polar surface area (TPSA) is 44.1 Å². The van der Waals surface area contributed by atoms with Crippen LogP contribution in [0, 0.1) is 0 Å². The highest BCUT2D eigenvalue weighted by molar-refractivity contribution is 9.10. The van der Waals surface area contributed by atoms with Gasteiger partial charge in [0.15, 0.2) is 5.69 Å². The lowest BCUT2D eigenvalue weighted by Gasteiger charge is -2.13. The Hall–Kier alpha value is -0.840. The SMILES string of the molecule is CCOC(=O)c1c(Br)cnn1C1CCCC1. The highest BCUT2D eigenvalue weighted by Gasteiger charge is 2.25. The van der Waals surface area contributed by atoms with Gasteiger partial charge in [0, 0.05) is 0 Å². The molecule has 0 unspecified atom stereocenters. The second-order valence-electron chi connectivity index (χ2n) is 3.94. The third-order valence-corrected chi connectivity index (χ3v) is 3.47. The van der Waals surface area contributed by atoms with Crippen LogP contribution in [0.25, 0.3) is 0 Å². The van der Waals surface area contributed by atoms with E-state index in [4.69, 9.17) is 4.74 Å². The normalized spacial score (nSPS) is 16.6. The first kappa shape index (κ1) is 11.6. The van der Waals surface area contributed by atoms with Crippen LogP contribution in [-0.2, 0) is 4.74 Å². The van der Waals surface area contributed by atoms with Gasteiger partial charge in [0.25, 0.3) is 0 Å². The Labute approximate surface area is 103 Å². The number of hydrogen-bond donors (Lipinski definition) is 0. The summed E-state index contributed by atoms with van der Waals surface area (Å²) in [5, 5.41) is 4.27. The van der Waals surface area contributed by atoms with Gasteiger partial charge in [-0.2, -0.15) is 5.10 Å². The zero-order valence-electron chi connectivity index (χ0n) is 9.28. The van der Waals surface area contributed by atoms with E-state index >= 15 is 0 Å². The number of carbonyl (C=O) groups excluding carboxylic acids is 1. The summed E-state index contributed by atoms with van der Waals surface area (Å²) in [7, 11) is 0. The van der Waals surface area contributed by atoms with Gasteiger partial charge in [-0.3, -0.25) is 4.68 Å². The fourth-order valence-corrected chi connectivity index (χ4v) is 2.59. The van der Waals surface area contributed by atoms with E-state index in [0.717, 1.165) is 17.3 Å². The molecule has 0 aromatic carbocycles. The summed E-state index contributed by atoms with van der Waals surface area (Å²) < 4.78 is 7.57. The van der Waals surface area contributed by atoms with Gasteiger partial charge in [-0.25, -0.2) is 4.79 Å². The summed E-state index contributed by atoms with van der Waals surface area (Å²) in [5.74, 6) is -0.293. The molecule has 1 aliphatic carbocycles. The molecule has 1 fully saturated rings. The number of esters is 1. The molecule has 5 heteroatoms. The van der Waals surface area contributed by atoms with Gasteiger partial charge in [0.1, 0.15) is 0 Å². The third kappa shape index (κ3) is 2.14. The zero-order chi connectivity index (χ0) is 11.5. The Bertz CT molecular complexity index is 383. The number of hydrogen-bond acceptors (Lipinski definition) is 3. The lowest BCUT2D eigenvalue weighted by molar-refractivity contribution is 0.0507. The molecule has 0 N–H and O–H groups in total.